The fraction of sp³-hybridized carbons (Fsp3) is 0.208. The number of sulfonamides is 1. The SMILES string of the molecule is C[C@@H](NS(=O)(=O)c1ccc(OCC(=O)N2CCc3cc(Br)ccc32)cc1)c1ccccc1. The molecular weight excluding hydrogens is 492 g/mol. The van der Waals surface area contributed by atoms with Crippen LogP contribution in [0.1, 0.15) is 24.1 Å². The summed E-state index contributed by atoms with van der Waals surface area (Å²) >= 11 is 3.45. The predicted molar refractivity (Wildman–Crippen MR) is 127 cm³/mol. The van der Waals surface area contributed by atoms with Crippen molar-refractivity contribution in [3.05, 3.63) is 88.4 Å². The molecule has 0 fully saturated rings. The molecule has 1 aliphatic heterocycles. The molecule has 166 valence electrons. The normalized spacial score (nSPS) is 14.1. The number of amides is 1. The molecule has 32 heavy (non-hydrogen) atoms. The molecule has 3 aromatic carbocycles. The van der Waals surface area contributed by atoms with Gasteiger partial charge in [-0.3, -0.25) is 4.79 Å². The first-order valence-corrected chi connectivity index (χ1v) is 12.5. The molecule has 0 radical (unpaired) electrons. The molecule has 1 N–H and O–H groups in total. The van der Waals surface area contributed by atoms with Gasteiger partial charge in [-0.25, -0.2) is 13.1 Å². The van der Waals surface area contributed by atoms with E-state index in [-0.39, 0.29) is 23.5 Å². The zero-order valence-electron chi connectivity index (χ0n) is 17.5. The summed E-state index contributed by atoms with van der Waals surface area (Å²) in [6, 6.07) is 20.9. The van der Waals surface area contributed by atoms with Crippen LogP contribution in [-0.4, -0.2) is 27.5 Å². The molecular formula is C24H23BrN2O4S. The third-order valence-corrected chi connectivity index (χ3v) is 7.42. The lowest BCUT2D eigenvalue weighted by Gasteiger charge is -2.18. The van der Waals surface area contributed by atoms with E-state index in [0.29, 0.717) is 12.3 Å². The second kappa shape index (κ2) is 9.44. The second-order valence-electron chi connectivity index (χ2n) is 7.58. The van der Waals surface area contributed by atoms with Crippen LogP contribution in [-0.2, 0) is 21.2 Å². The standard InChI is InChI=1S/C24H23BrN2O4S/c1-17(18-5-3-2-4-6-18)26-32(29,30)22-10-8-21(9-11-22)31-16-24(28)27-14-13-19-15-20(25)7-12-23(19)27/h2-12,15,17,26H,13-14,16H2,1H3/t17-/m1/s1. The molecule has 1 aliphatic rings. The van der Waals surface area contributed by atoms with E-state index in [2.05, 4.69) is 20.7 Å². The van der Waals surface area contributed by atoms with Crippen molar-refractivity contribution >= 4 is 37.5 Å². The van der Waals surface area contributed by atoms with Gasteiger partial charge in [0.05, 0.1) is 4.90 Å². The molecule has 0 bridgehead atoms. The van der Waals surface area contributed by atoms with Crippen molar-refractivity contribution in [3.63, 3.8) is 0 Å². The van der Waals surface area contributed by atoms with E-state index in [1.54, 1.807) is 24.0 Å². The summed E-state index contributed by atoms with van der Waals surface area (Å²) in [5.74, 6) is 0.296. The molecule has 0 unspecified atom stereocenters. The average molecular weight is 515 g/mol. The summed E-state index contributed by atoms with van der Waals surface area (Å²) in [6.45, 7) is 2.30. The van der Waals surface area contributed by atoms with E-state index in [1.165, 1.54) is 12.1 Å². The third kappa shape index (κ3) is 5.03. The lowest BCUT2D eigenvalue weighted by Crippen LogP contribution is -2.33. The molecule has 0 saturated heterocycles. The first-order chi connectivity index (χ1) is 15.3. The predicted octanol–water partition coefficient (Wildman–Crippen LogP) is 4.46. The molecule has 3 aromatic rings. The number of benzene rings is 3. The smallest absolute Gasteiger partial charge is 0.264 e. The topological polar surface area (TPSA) is 75.7 Å². The summed E-state index contributed by atoms with van der Waals surface area (Å²) in [5.41, 5.74) is 2.91. The van der Waals surface area contributed by atoms with E-state index < -0.39 is 10.0 Å². The number of ether oxygens (including phenoxy) is 1. The fourth-order valence-electron chi connectivity index (χ4n) is 3.68. The summed E-state index contributed by atoms with van der Waals surface area (Å²) < 4.78 is 34.7. The first kappa shape index (κ1) is 22.5. The number of fused-ring (bicyclic) bond motifs is 1. The third-order valence-electron chi connectivity index (χ3n) is 5.37. The maximum atomic E-state index is 12.7. The fourth-order valence-corrected chi connectivity index (χ4v) is 5.32. The summed E-state index contributed by atoms with van der Waals surface area (Å²) in [4.78, 5) is 14.5. The number of nitrogens with one attached hydrogen (secondary N) is 1. The van der Waals surface area contributed by atoms with E-state index in [4.69, 9.17) is 4.74 Å². The van der Waals surface area contributed by atoms with Gasteiger partial charge < -0.3 is 9.64 Å². The van der Waals surface area contributed by atoms with Crippen LogP contribution < -0.4 is 14.4 Å². The Hall–Kier alpha value is -2.68. The molecule has 6 nitrogen and oxygen atoms in total. The van der Waals surface area contributed by atoms with Gasteiger partial charge in [-0.1, -0.05) is 46.3 Å². The van der Waals surface area contributed by atoms with E-state index in [0.717, 1.165) is 27.7 Å². The zero-order chi connectivity index (χ0) is 22.7. The maximum Gasteiger partial charge on any atom is 0.264 e. The van der Waals surface area contributed by atoms with Gasteiger partial charge in [0.15, 0.2) is 6.61 Å². The number of hydrogen-bond acceptors (Lipinski definition) is 4. The van der Waals surface area contributed by atoms with Gasteiger partial charge in [-0.2, -0.15) is 0 Å². The van der Waals surface area contributed by atoms with Crippen LogP contribution in [0.25, 0.3) is 0 Å². The number of hydrogen-bond donors (Lipinski definition) is 1. The summed E-state index contributed by atoms with van der Waals surface area (Å²) in [6.07, 6.45) is 0.807. The average Bonchev–Trinajstić information content (AvgIpc) is 3.21. The van der Waals surface area contributed by atoms with Crippen molar-refractivity contribution < 1.29 is 17.9 Å². The lowest BCUT2D eigenvalue weighted by atomic mass is 10.1. The molecule has 0 aliphatic carbocycles. The molecule has 1 heterocycles. The summed E-state index contributed by atoms with van der Waals surface area (Å²) in [5, 5.41) is 0. The van der Waals surface area contributed by atoms with Crippen LogP contribution >= 0.6 is 15.9 Å². The molecule has 0 aromatic heterocycles. The van der Waals surface area contributed by atoms with Gasteiger partial charge in [-0.15, -0.1) is 0 Å². The molecule has 8 heteroatoms. The van der Waals surface area contributed by atoms with Gasteiger partial charge in [-0.05, 0) is 66.9 Å². The Kier molecular flexibility index (Phi) is 6.64. The first-order valence-electron chi connectivity index (χ1n) is 10.2. The number of rotatable bonds is 7. The Morgan fingerprint density at radius 1 is 1.09 bits per heavy atom. The van der Waals surface area contributed by atoms with Crippen molar-refractivity contribution in [3.8, 4) is 5.75 Å². The van der Waals surface area contributed by atoms with Gasteiger partial charge in [0, 0.05) is 22.7 Å². The van der Waals surface area contributed by atoms with Gasteiger partial charge >= 0.3 is 0 Å². The highest BCUT2D eigenvalue weighted by molar-refractivity contribution is 9.10. The minimum atomic E-state index is -3.69. The largest absolute Gasteiger partial charge is 0.484 e. The number of carbonyl (C=O) groups excluding carboxylic acids is 1. The monoisotopic (exact) mass is 514 g/mol. The lowest BCUT2D eigenvalue weighted by molar-refractivity contribution is -0.120. The molecule has 0 saturated carbocycles. The van der Waals surface area contributed by atoms with Crippen molar-refractivity contribution in [1.29, 1.82) is 0 Å². The van der Waals surface area contributed by atoms with Gasteiger partial charge in [0.1, 0.15) is 5.75 Å². The van der Waals surface area contributed by atoms with Gasteiger partial charge in [0.2, 0.25) is 10.0 Å². The van der Waals surface area contributed by atoms with Crippen LogP contribution in [0.4, 0.5) is 5.69 Å². The van der Waals surface area contributed by atoms with Crippen LogP contribution in [0.2, 0.25) is 0 Å². The number of anilines is 1. The van der Waals surface area contributed by atoms with Crippen molar-refractivity contribution in [2.24, 2.45) is 0 Å². The minimum absolute atomic E-state index is 0.120. The van der Waals surface area contributed by atoms with Crippen LogP contribution in [0.15, 0.2) is 82.2 Å². The molecule has 4 rings (SSSR count). The molecule has 1 atom stereocenters. The highest BCUT2D eigenvalue weighted by Crippen LogP contribution is 2.30. The highest BCUT2D eigenvalue weighted by Gasteiger charge is 2.25. The molecule has 1 amide bonds. The van der Waals surface area contributed by atoms with Crippen molar-refractivity contribution in [2.45, 2.75) is 24.3 Å². The zero-order valence-corrected chi connectivity index (χ0v) is 19.9. The van der Waals surface area contributed by atoms with Crippen LogP contribution in [0.5, 0.6) is 5.75 Å². The number of nitrogens with zero attached hydrogens (tertiary/aromatic N) is 1. The summed E-state index contributed by atoms with van der Waals surface area (Å²) in [7, 11) is -3.69. The Balaban J connectivity index is 1.36. The van der Waals surface area contributed by atoms with Gasteiger partial charge in [0.25, 0.3) is 5.91 Å². The Morgan fingerprint density at radius 2 is 1.81 bits per heavy atom. The van der Waals surface area contributed by atoms with Crippen LogP contribution in [0.3, 0.4) is 0 Å². The number of halogens is 1. The van der Waals surface area contributed by atoms with Crippen molar-refractivity contribution in [2.75, 3.05) is 18.1 Å². The van der Waals surface area contributed by atoms with E-state index >= 15 is 0 Å². The van der Waals surface area contributed by atoms with E-state index in [1.807, 2.05) is 48.5 Å². The molecule has 0 spiro atoms. The highest BCUT2D eigenvalue weighted by atomic mass is 79.9. The van der Waals surface area contributed by atoms with Crippen LogP contribution in [0, 0.1) is 0 Å². The minimum Gasteiger partial charge on any atom is -0.484 e. The Bertz CT molecular complexity index is 1210. The van der Waals surface area contributed by atoms with E-state index in [9.17, 15) is 13.2 Å². The van der Waals surface area contributed by atoms with Crippen molar-refractivity contribution in [1.82, 2.24) is 4.72 Å². The maximum absolute atomic E-state index is 12.7. The quantitative estimate of drug-likeness (QED) is 0.505. The Labute approximate surface area is 196 Å². The second-order valence-corrected chi connectivity index (χ2v) is 10.2. The Morgan fingerprint density at radius 3 is 2.53 bits per heavy atom. The number of carbonyl (C=O) groups is 1.